The summed E-state index contributed by atoms with van der Waals surface area (Å²) in [7, 11) is 3.23. The van der Waals surface area contributed by atoms with Crippen molar-refractivity contribution in [2.24, 2.45) is 5.92 Å². The number of hydrogen-bond acceptors (Lipinski definition) is 5. The first-order valence-electron chi connectivity index (χ1n) is 10.1. The van der Waals surface area contributed by atoms with Crippen LogP contribution >= 0.6 is 28.6 Å². The molecular formula is C22H24BrClFN3O5. The molecule has 2 amide bonds. The quantitative estimate of drug-likeness (QED) is 0.603. The summed E-state index contributed by atoms with van der Waals surface area (Å²) >= 11 is 5.77. The summed E-state index contributed by atoms with van der Waals surface area (Å²) in [5, 5.41) is 13.0. The number of carbonyl (C=O) groups excluding carboxylic acids is 2. The second-order valence-electron chi connectivity index (χ2n) is 8.45. The Kier molecular flexibility index (Phi) is 7.21. The highest BCUT2D eigenvalue weighted by Crippen LogP contribution is 2.48. The SMILES string of the molecule is Br.COCC1CC2(C1)CN(C)C(=O)c1c(O)c(=O)c(C(=O)NCc3cccc(Cl)c3F)cn12. The highest BCUT2D eigenvalue weighted by Gasteiger charge is 2.51. The van der Waals surface area contributed by atoms with Crippen LogP contribution in [-0.4, -0.2) is 53.7 Å². The zero-order valence-corrected chi connectivity index (χ0v) is 20.5. The van der Waals surface area contributed by atoms with Crippen LogP contribution in [0.3, 0.4) is 0 Å². The molecule has 0 atom stereocenters. The van der Waals surface area contributed by atoms with Gasteiger partial charge in [-0.05, 0) is 24.8 Å². The van der Waals surface area contributed by atoms with Gasteiger partial charge in [0.05, 0.1) is 10.6 Å². The van der Waals surface area contributed by atoms with E-state index >= 15 is 0 Å². The van der Waals surface area contributed by atoms with Gasteiger partial charge in [0, 0.05) is 45.6 Å². The van der Waals surface area contributed by atoms with Crippen LogP contribution in [0.1, 0.15) is 39.3 Å². The molecule has 0 unspecified atom stereocenters. The average molecular weight is 545 g/mol. The number of fused-ring (bicyclic) bond motifs is 2. The fourth-order valence-electron chi connectivity index (χ4n) is 4.76. The number of halogens is 3. The molecule has 33 heavy (non-hydrogen) atoms. The second kappa shape index (κ2) is 9.44. The first kappa shape index (κ1) is 25.2. The van der Waals surface area contributed by atoms with Crippen molar-refractivity contribution in [3.63, 3.8) is 0 Å². The van der Waals surface area contributed by atoms with Crippen LogP contribution in [0.25, 0.3) is 0 Å². The Hall–Kier alpha value is -2.43. The number of likely N-dealkylation sites (N-methyl/N-ethyl adjacent to an activating group) is 1. The van der Waals surface area contributed by atoms with Crippen LogP contribution < -0.4 is 10.7 Å². The molecule has 8 nitrogen and oxygen atoms in total. The highest BCUT2D eigenvalue weighted by atomic mass is 79.9. The summed E-state index contributed by atoms with van der Waals surface area (Å²) in [6.07, 6.45) is 2.67. The van der Waals surface area contributed by atoms with Crippen molar-refractivity contribution in [2.75, 3.05) is 27.3 Å². The van der Waals surface area contributed by atoms with E-state index in [2.05, 4.69) is 5.32 Å². The van der Waals surface area contributed by atoms with Gasteiger partial charge in [0.15, 0.2) is 11.4 Å². The van der Waals surface area contributed by atoms with E-state index in [1.165, 1.54) is 23.2 Å². The summed E-state index contributed by atoms with van der Waals surface area (Å²) < 4.78 is 20.9. The molecule has 1 aromatic heterocycles. The highest BCUT2D eigenvalue weighted by molar-refractivity contribution is 8.93. The lowest BCUT2D eigenvalue weighted by Gasteiger charge is -2.54. The number of pyridine rings is 1. The lowest BCUT2D eigenvalue weighted by molar-refractivity contribution is -0.0190. The van der Waals surface area contributed by atoms with Crippen molar-refractivity contribution in [3.8, 4) is 5.75 Å². The third-order valence-corrected chi connectivity index (χ3v) is 6.52. The molecule has 1 aliphatic carbocycles. The summed E-state index contributed by atoms with van der Waals surface area (Å²) in [6.45, 7) is 0.742. The Balaban J connectivity index is 0.00000306. The summed E-state index contributed by atoms with van der Waals surface area (Å²) in [6, 6.07) is 4.40. The van der Waals surface area contributed by atoms with Crippen LogP contribution in [0.15, 0.2) is 29.2 Å². The van der Waals surface area contributed by atoms with Gasteiger partial charge in [-0.3, -0.25) is 14.4 Å². The third kappa shape index (κ3) is 4.27. The molecule has 1 aliphatic heterocycles. The second-order valence-corrected chi connectivity index (χ2v) is 8.86. The smallest absolute Gasteiger partial charge is 0.274 e. The molecule has 1 spiro atoms. The van der Waals surface area contributed by atoms with Gasteiger partial charge in [-0.2, -0.15) is 0 Å². The van der Waals surface area contributed by atoms with Gasteiger partial charge in [0.25, 0.3) is 11.8 Å². The lowest BCUT2D eigenvalue weighted by atomic mass is 9.67. The van der Waals surface area contributed by atoms with Crippen molar-refractivity contribution in [1.82, 2.24) is 14.8 Å². The van der Waals surface area contributed by atoms with Crippen LogP contribution in [0, 0.1) is 11.7 Å². The predicted molar refractivity (Wildman–Crippen MR) is 125 cm³/mol. The minimum Gasteiger partial charge on any atom is -0.503 e. The molecule has 11 heteroatoms. The van der Waals surface area contributed by atoms with E-state index in [0.29, 0.717) is 26.0 Å². The topological polar surface area (TPSA) is 101 Å². The number of ether oxygens (including phenoxy) is 1. The summed E-state index contributed by atoms with van der Waals surface area (Å²) in [5.41, 5.74) is -1.78. The molecule has 0 saturated heterocycles. The van der Waals surface area contributed by atoms with Gasteiger partial charge in [0.1, 0.15) is 11.4 Å². The fraction of sp³-hybridized carbons (Fsp3) is 0.409. The number of hydrogen-bond donors (Lipinski definition) is 2. The van der Waals surface area contributed by atoms with E-state index in [4.69, 9.17) is 16.3 Å². The Bertz CT molecular complexity index is 1170. The predicted octanol–water partition coefficient (Wildman–Crippen LogP) is 2.69. The van der Waals surface area contributed by atoms with Crippen LogP contribution in [0.5, 0.6) is 5.75 Å². The number of nitrogens with one attached hydrogen (secondary N) is 1. The molecule has 178 valence electrons. The number of methoxy groups -OCH3 is 1. The number of rotatable bonds is 5. The Morgan fingerprint density at radius 1 is 1.36 bits per heavy atom. The molecule has 1 aromatic carbocycles. The van der Waals surface area contributed by atoms with Gasteiger partial charge in [-0.1, -0.05) is 23.7 Å². The third-order valence-electron chi connectivity index (χ3n) is 6.23. The van der Waals surface area contributed by atoms with Crippen molar-refractivity contribution < 1.29 is 23.8 Å². The molecular weight excluding hydrogens is 521 g/mol. The van der Waals surface area contributed by atoms with E-state index in [9.17, 15) is 23.9 Å². The van der Waals surface area contributed by atoms with Crippen molar-refractivity contribution in [1.29, 1.82) is 0 Å². The maximum atomic E-state index is 14.1. The standard InChI is InChI=1S/C22H23ClFN3O5.BrH/c1-26-11-22(6-12(7-22)10-32-2)27-9-14(18(28)19(29)17(27)21(26)31)20(30)25-8-13-4-3-5-15(23)16(13)24;/h3-5,9,12,29H,6-8,10-11H2,1-2H3,(H,25,30);1H. The Labute approximate surface area is 205 Å². The number of aromatic hydroxyl groups is 1. The number of aromatic nitrogens is 1. The lowest BCUT2D eigenvalue weighted by Crippen LogP contribution is -2.60. The first-order chi connectivity index (χ1) is 15.2. The van der Waals surface area contributed by atoms with Crippen LogP contribution in [-0.2, 0) is 16.8 Å². The maximum Gasteiger partial charge on any atom is 0.274 e. The number of benzene rings is 1. The fourth-order valence-corrected chi connectivity index (χ4v) is 4.96. The van der Waals surface area contributed by atoms with Gasteiger partial charge < -0.3 is 24.6 Å². The van der Waals surface area contributed by atoms with Crippen molar-refractivity contribution in [2.45, 2.75) is 24.9 Å². The minimum atomic E-state index is -0.952. The van der Waals surface area contributed by atoms with E-state index in [1.54, 1.807) is 24.8 Å². The molecule has 2 N–H and O–H groups in total. The molecule has 1 saturated carbocycles. The number of nitrogens with zero attached hydrogens (tertiary/aromatic N) is 2. The molecule has 2 aliphatic rings. The molecule has 1 fully saturated rings. The van der Waals surface area contributed by atoms with Gasteiger partial charge in [-0.25, -0.2) is 4.39 Å². The monoisotopic (exact) mass is 543 g/mol. The van der Waals surface area contributed by atoms with Crippen LogP contribution in [0.2, 0.25) is 5.02 Å². The van der Waals surface area contributed by atoms with Gasteiger partial charge >= 0.3 is 0 Å². The average Bonchev–Trinajstić information content (AvgIpc) is 2.73. The zero-order valence-electron chi connectivity index (χ0n) is 18.1. The summed E-state index contributed by atoms with van der Waals surface area (Å²) in [4.78, 5) is 39.7. The van der Waals surface area contributed by atoms with Gasteiger partial charge in [-0.15, -0.1) is 17.0 Å². The zero-order chi connectivity index (χ0) is 23.2. The largest absolute Gasteiger partial charge is 0.503 e. The first-order valence-corrected chi connectivity index (χ1v) is 10.5. The Morgan fingerprint density at radius 3 is 2.73 bits per heavy atom. The van der Waals surface area contributed by atoms with Crippen molar-refractivity contribution in [3.05, 3.63) is 62.3 Å². The molecule has 2 aromatic rings. The van der Waals surface area contributed by atoms with Gasteiger partial charge in [0.2, 0.25) is 5.43 Å². The molecule has 4 rings (SSSR count). The molecule has 0 radical (unpaired) electrons. The van der Waals surface area contributed by atoms with E-state index < -0.39 is 34.3 Å². The van der Waals surface area contributed by atoms with Crippen LogP contribution in [0.4, 0.5) is 4.39 Å². The normalized spacial score (nSPS) is 21.3. The maximum absolute atomic E-state index is 14.1. The Morgan fingerprint density at radius 2 is 2.06 bits per heavy atom. The summed E-state index contributed by atoms with van der Waals surface area (Å²) in [5.74, 6) is -2.44. The minimum absolute atomic E-state index is 0. The van der Waals surface area contributed by atoms with Crippen molar-refractivity contribution >= 4 is 40.4 Å². The van der Waals surface area contributed by atoms with E-state index in [1.807, 2.05) is 0 Å². The van der Waals surface area contributed by atoms with E-state index in [0.717, 1.165) is 0 Å². The van der Waals surface area contributed by atoms with E-state index in [-0.39, 0.29) is 51.3 Å². The number of carbonyl (C=O) groups is 2. The number of amides is 2. The molecule has 2 heterocycles. The molecule has 0 bridgehead atoms.